The molecule has 1 fully saturated rings. The summed E-state index contributed by atoms with van der Waals surface area (Å²) >= 11 is 0. The zero-order chi connectivity index (χ0) is 12.8. The monoisotopic (exact) mass is 247 g/mol. The molecule has 0 radical (unpaired) electrons. The van der Waals surface area contributed by atoms with E-state index in [1.807, 2.05) is 6.07 Å². The van der Waals surface area contributed by atoms with Crippen LogP contribution < -0.4 is 0 Å². The lowest BCUT2D eigenvalue weighted by molar-refractivity contribution is -0.129. The zero-order valence-electron chi connectivity index (χ0n) is 11.0. The van der Waals surface area contributed by atoms with Gasteiger partial charge in [0.1, 0.15) is 0 Å². The molecule has 0 aliphatic carbocycles. The molecule has 3 nitrogen and oxygen atoms in total. The van der Waals surface area contributed by atoms with Crippen LogP contribution in [0.2, 0.25) is 0 Å². The molecule has 0 atom stereocenters. The van der Waals surface area contributed by atoms with Crippen LogP contribution in [0.15, 0.2) is 30.3 Å². The Labute approximate surface area is 109 Å². The highest BCUT2D eigenvalue weighted by Gasteiger charge is 2.34. The first-order valence-electron chi connectivity index (χ1n) is 6.56. The summed E-state index contributed by atoms with van der Waals surface area (Å²) in [5, 5.41) is 0. The van der Waals surface area contributed by atoms with Crippen molar-refractivity contribution in [3.8, 4) is 0 Å². The molecule has 0 amide bonds. The van der Waals surface area contributed by atoms with Gasteiger partial charge in [0.15, 0.2) is 0 Å². The molecule has 0 bridgehead atoms. The quantitative estimate of drug-likeness (QED) is 0.590. The van der Waals surface area contributed by atoms with Gasteiger partial charge in [-0.25, -0.2) is 0 Å². The molecule has 0 N–H and O–H groups in total. The largest absolute Gasteiger partial charge is 0.468 e. The van der Waals surface area contributed by atoms with Crippen LogP contribution in [-0.2, 0) is 14.9 Å². The lowest BCUT2D eigenvalue weighted by atomic mass is 9.71. The highest BCUT2D eigenvalue weighted by Crippen LogP contribution is 2.38. The van der Waals surface area contributed by atoms with Gasteiger partial charge < -0.3 is 9.64 Å². The first kappa shape index (κ1) is 13.1. The van der Waals surface area contributed by atoms with E-state index in [9.17, 15) is 4.79 Å². The summed E-state index contributed by atoms with van der Waals surface area (Å²) in [6.45, 7) is 3.28. The topological polar surface area (TPSA) is 29.5 Å². The second-order valence-electron chi connectivity index (χ2n) is 5.17. The smallest absolute Gasteiger partial charge is 0.293 e. The van der Waals surface area contributed by atoms with Gasteiger partial charge in [0.25, 0.3) is 6.47 Å². The lowest BCUT2D eigenvalue weighted by Gasteiger charge is -2.41. The molecular formula is C15H21NO2. The minimum absolute atomic E-state index is 0.177. The number of nitrogens with zero attached hydrogens (tertiary/aromatic N) is 1. The minimum Gasteiger partial charge on any atom is -0.468 e. The molecular weight excluding hydrogens is 226 g/mol. The van der Waals surface area contributed by atoms with Crippen LogP contribution in [0.3, 0.4) is 0 Å². The Bertz CT molecular complexity index is 369. The van der Waals surface area contributed by atoms with E-state index in [2.05, 4.69) is 36.2 Å². The van der Waals surface area contributed by atoms with Crippen LogP contribution in [0.1, 0.15) is 24.8 Å². The third-order valence-corrected chi connectivity index (χ3v) is 4.10. The average Bonchev–Trinajstić information content (AvgIpc) is 2.43. The van der Waals surface area contributed by atoms with E-state index < -0.39 is 0 Å². The van der Waals surface area contributed by atoms with Crippen molar-refractivity contribution in [3.63, 3.8) is 0 Å². The molecule has 0 aromatic heterocycles. The third-order valence-electron chi connectivity index (χ3n) is 4.10. The van der Waals surface area contributed by atoms with Crippen LogP contribution in [0.4, 0.5) is 0 Å². The van der Waals surface area contributed by atoms with Gasteiger partial charge in [-0.05, 0) is 45.0 Å². The summed E-state index contributed by atoms with van der Waals surface area (Å²) < 4.78 is 4.92. The normalized spacial score (nSPS) is 19.4. The Kier molecular flexibility index (Phi) is 4.37. The maximum Gasteiger partial charge on any atom is 0.293 e. The number of hydrogen-bond acceptors (Lipinski definition) is 3. The molecule has 1 aliphatic rings. The van der Waals surface area contributed by atoms with E-state index >= 15 is 0 Å². The van der Waals surface area contributed by atoms with Crippen molar-refractivity contribution in [2.24, 2.45) is 0 Å². The first-order valence-corrected chi connectivity index (χ1v) is 6.56. The van der Waals surface area contributed by atoms with Gasteiger partial charge in [0.05, 0.1) is 6.61 Å². The van der Waals surface area contributed by atoms with Crippen LogP contribution in [0.25, 0.3) is 0 Å². The molecule has 1 heterocycles. The number of carbonyl (C=O) groups excluding carboxylic acids is 1. The van der Waals surface area contributed by atoms with Crippen molar-refractivity contribution in [2.75, 3.05) is 26.7 Å². The molecule has 0 spiro atoms. The fourth-order valence-electron chi connectivity index (χ4n) is 2.82. The number of hydrogen-bond donors (Lipinski definition) is 0. The summed E-state index contributed by atoms with van der Waals surface area (Å²) in [6, 6.07) is 10.6. The lowest BCUT2D eigenvalue weighted by Crippen LogP contribution is -2.41. The van der Waals surface area contributed by atoms with Gasteiger partial charge in [0.2, 0.25) is 0 Å². The highest BCUT2D eigenvalue weighted by molar-refractivity contribution is 5.37. The van der Waals surface area contributed by atoms with E-state index in [1.165, 1.54) is 5.56 Å². The van der Waals surface area contributed by atoms with Crippen LogP contribution >= 0.6 is 0 Å². The van der Waals surface area contributed by atoms with E-state index in [1.54, 1.807) is 0 Å². The average molecular weight is 247 g/mol. The molecule has 0 saturated carbocycles. The SMILES string of the molecule is CN1CCC(CCOC=O)(c2ccccc2)CC1. The van der Waals surface area contributed by atoms with E-state index in [4.69, 9.17) is 4.74 Å². The summed E-state index contributed by atoms with van der Waals surface area (Å²) in [5.41, 5.74) is 1.56. The second kappa shape index (κ2) is 6.01. The van der Waals surface area contributed by atoms with E-state index in [0.29, 0.717) is 13.1 Å². The van der Waals surface area contributed by atoms with Gasteiger partial charge >= 0.3 is 0 Å². The first-order chi connectivity index (χ1) is 8.77. The second-order valence-corrected chi connectivity index (χ2v) is 5.17. The third kappa shape index (κ3) is 2.91. The molecule has 3 heteroatoms. The van der Waals surface area contributed by atoms with Crippen molar-refractivity contribution < 1.29 is 9.53 Å². The maximum atomic E-state index is 10.3. The predicted octanol–water partition coefficient (Wildman–Crippen LogP) is 2.21. The Morgan fingerprint density at radius 3 is 2.56 bits per heavy atom. The number of piperidine rings is 1. The molecule has 2 rings (SSSR count). The minimum atomic E-state index is 0.177. The van der Waals surface area contributed by atoms with Crippen molar-refractivity contribution in [2.45, 2.75) is 24.7 Å². The zero-order valence-corrected chi connectivity index (χ0v) is 11.0. The maximum absolute atomic E-state index is 10.3. The number of benzene rings is 1. The molecule has 18 heavy (non-hydrogen) atoms. The van der Waals surface area contributed by atoms with Crippen LogP contribution in [0, 0.1) is 0 Å². The number of ether oxygens (including phenoxy) is 1. The van der Waals surface area contributed by atoms with Gasteiger partial charge in [-0.2, -0.15) is 0 Å². The summed E-state index contributed by atoms with van der Waals surface area (Å²) in [7, 11) is 2.16. The summed E-state index contributed by atoms with van der Waals surface area (Å²) in [6.07, 6.45) is 3.19. The molecule has 1 aliphatic heterocycles. The van der Waals surface area contributed by atoms with Crippen molar-refractivity contribution >= 4 is 6.47 Å². The van der Waals surface area contributed by atoms with Gasteiger partial charge in [-0.1, -0.05) is 30.3 Å². The summed E-state index contributed by atoms with van der Waals surface area (Å²) in [5.74, 6) is 0. The summed E-state index contributed by atoms with van der Waals surface area (Å²) in [4.78, 5) is 12.7. The standard InChI is InChI=1S/C15H21NO2/c1-16-10-7-15(8-11-16,9-12-18-13-17)14-5-3-2-4-6-14/h2-6,13H,7-12H2,1H3. The van der Waals surface area contributed by atoms with Crippen LogP contribution in [0.5, 0.6) is 0 Å². The predicted molar refractivity (Wildman–Crippen MR) is 71.5 cm³/mol. The number of likely N-dealkylation sites (tertiary alicyclic amines) is 1. The van der Waals surface area contributed by atoms with Crippen molar-refractivity contribution in [1.82, 2.24) is 4.90 Å². The molecule has 1 aromatic carbocycles. The van der Waals surface area contributed by atoms with Gasteiger partial charge in [-0.3, -0.25) is 4.79 Å². The number of rotatable bonds is 5. The molecule has 98 valence electrons. The fraction of sp³-hybridized carbons (Fsp3) is 0.533. The Morgan fingerprint density at radius 1 is 1.28 bits per heavy atom. The Morgan fingerprint density at radius 2 is 1.94 bits per heavy atom. The van der Waals surface area contributed by atoms with Crippen LogP contribution in [-0.4, -0.2) is 38.1 Å². The highest BCUT2D eigenvalue weighted by atomic mass is 16.5. The van der Waals surface area contributed by atoms with Gasteiger partial charge in [0, 0.05) is 5.41 Å². The number of carbonyl (C=O) groups is 1. The Balaban J connectivity index is 2.14. The van der Waals surface area contributed by atoms with Gasteiger partial charge in [-0.15, -0.1) is 0 Å². The Hall–Kier alpha value is -1.35. The molecule has 1 saturated heterocycles. The van der Waals surface area contributed by atoms with E-state index in [0.717, 1.165) is 32.4 Å². The molecule has 1 aromatic rings. The van der Waals surface area contributed by atoms with Crippen molar-refractivity contribution in [3.05, 3.63) is 35.9 Å². The molecule has 0 unspecified atom stereocenters. The van der Waals surface area contributed by atoms with Crippen molar-refractivity contribution in [1.29, 1.82) is 0 Å². The fourth-order valence-corrected chi connectivity index (χ4v) is 2.82. The van der Waals surface area contributed by atoms with E-state index in [-0.39, 0.29) is 5.41 Å².